The van der Waals surface area contributed by atoms with Crippen LogP contribution in [-0.4, -0.2) is 16.8 Å². The molecule has 0 aromatic heterocycles. The number of amides is 1. The van der Waals surface area contributed by atoms with Crippen molar-refractivity contribution in [3.05, 3.63) is 107 Å². The second-order valence-corrected chi connectivity index (χ2v) is 7.26. The van der Waals surface area contributed by atoms with Gasteiger partial charge in [0.2, 0.25) is 11.6 Å². The zero-order chi connectivity index (χ0) is 19.1. The first-order valence-electron chi connectivity index (χ1n) is 9.42. The molecule has 1 fully saturated rings. The quantitative estimate of drug-likeness (QED) is 0.649. The molecule has 0 radical (unpaired) electrons. The van der Waals surface area contributed by atoms with Gasteiger partial charge < -0.3 is 4.74 Å². The van der Waals surface area contributed by atoms with E-state index < -0.39 is 5.72 Å². The van der Waals surface area contributed by atoms with E-state index in [9.17, 15) is 9.59 Å². The molecule has 1 spiro atoms. The summed E-state index contributed by atoms with van der Waals surface area (Å²) in [6.45, 7) is 0.393. The molecule has 0 saturated carbocycles. The number of carbonyl (C=O) groups excluding carboxylic acids is 2. The number of esters is 1. The zero-order valence-corrected chi connectivity index (χ0v) is 15.2. The Bertz CT molecular complexity index is 1050. The highest BCUT2D eigenvalue weighted by Crippen LogP contribution is 2.55. The Balaban J connectivity index is 1.69. The predicted octanol–water partition coefficient (Wildman–Crippen LogP) is 4.23. The van der Waals surface area contributed by atoms with Gasteiger partial charge in [-0.3, -0.25) is 9.69 Å². The van der Waals surface area contributed by atoms with E-state index in [2.05, 4.69) is 0 Å². The third-order valence-corrected chi connectivity index (χ3v) is 5.72. The van der Waals surface area contributed by atoms with Gasteiger partial charge in [-0.05, 0) is 17.2 Å². The number of rotatable bonds is 3. The van der Waals surface area contributed by atoms with Crippen LogP contribution in [-0.2, 0) is 21.8 Å². The molecular weight excluding hydrogens is 350 g/mol. The van der Waals surface area contributed by atoms with E-state index in [1.54, 1.807) is 11.0 Å². The van der Waals surface area contributed by atoms with Crippen molar-refractivity contribution in [1.82, 2.24) is 4.90 Å². The Labute approximate surface area is 163 Å². The molecule has 28 heavy (non-hydrogen) atoms. The number of likely N-dealkylation sites (tertiary alicyclic amines) is 1. The second-order valence-electron chi connectivity index (χ2n) is 7.26. The standard InChI is InChI=1S/C24H19NO3/c26-22-15-21(18-11-5-2-6-12-18)24(25(22)16-17-9-3-1-4-10-17)20-14-8-7-13-19(20)23(27)28-24/h1-14,21H,15-16H2. The van der Waals surface area contributed by atoms with Gasteiger partial charge >= 0.3 is 5.97 Å². The summed E-state index contributed by atoms with van der Waals surface area (Å²) in [6, 6.07) is 27.1. The molecule has 0 aliphatic carbocycles. The van der Waals surface area contributed by atoms with Crippen molar-refractivity contribution in [2.24, 2.45) is 0 Å². The number of fused-ring (bicyclic) bond motifs is 2. The maximum absolute atomic E-state index is 13.2. The van der Waals surface area contributed by atoms with E-state index in [0.717, 1.165) is 16.7 Å². The van der Waals surface area contributed by atoms with E-state index >= 15 is 0 Å². The summed E-state index contributed by atoms with van der Waals surface area (Å²) in [5, 5.41) is 0. The molecule has 2 unspecified atom stereocenters. The summed E-state index contributed by atoms with van der Waals surface area (Å²) in [5.74, 6) is -0.635. The third-order valence-electron chi connectivity index (χ3n) is 5.72. The number of ether oxygens (including phenoxy) is 1. The van der Waals surface area contributed by atoms with Crippen LogP contribution in [0.2, 0.25) is 0 Å². The fourth-order valence-electron chi connectivity index (χ4n) is 4.48. The predicted molar refractivity (Wildman–Crippen MR) is 104 cm³/mol. The van der Waals surface area contributed by atoms with Crippen LogP contribution in [0.5, 0.6) is 0 Å². The molecule has 0 N–H and O–H groups in total. The summed E-state index contributed by atoms with van der Waals surface area (Å²) < 4.78 is 6.07. The van der Waals surface area contributed by atoms with Crippen LogP contribution < -0.4 is 0 Å². The fraction of sp³-hybridized carbons (Fsp3) is 0.167. The van der Waals surface area contributed by atoms with Gasteiger partial charge in [-0.1, -0.05) is 78.9 Å². The lowest BCUT2D eigenvalue weighted by Crippen LogP contribution is -2.45. The van der Waals surface area contributed by atoms with Crippen molar-refractivity contribution in [2.75, 3.05) is 0 Å². The van der Waals surface area contributed by atoms with Crippen molar-refractivity contribution in [1.29, 1.82) is 0 Å². The van der Waals surface area contributed by atoms with Crippen molar-refractivity contribution >= 4 is 11.9 Å². The number of carbonyl (C=O) groups is 2. The largest absolute Gasteiger partial charge is 0.430 e. The lowest BCUT2D eigenvalue weighted by atomic mass is 9.83. The first-order chi connectivity index (χ1) is 13.7. The van der Waals surface area contributed by atoms with E-state index in [1.807, 2.05) is 78.9 Å². The molecule has 1 saturated heterocycles. The number of nitrogens with zero attached hydrogens (tertiary/aromatic N) is 1. The SMILES string of the molecule is O=C1OC2(c3ccccc31)C(c1ccccc1)CC(=O)N2Cc1ccccc1. The van der Waals surface area contributed by atoms with Gasteiger partial charge in [0.15, 0.2) is 0 Å². The van der Waals surface area contributed by atoms with Gasteiger partial charge in [0.05, 0.1) is 11.5 Å². The molecule has 0 bridgehead atoms. The van der Waals surface area contributed by atoms with Gasteiger partial charge in [0, 0.05) is 18.5 Å². The lowest BCUT2D eigenvalue weighted by Gasteiger charge is -2.38. The Morgan fingerprint density at radius 3 is 2.25 bits per heavy atom. The van der Waals surface area contributed by atoms with Crippen molar-refractivity contribution in [2.45, 2.75) is 24.6 Å². The molecule has 138 valence electrons. The summed E-state index contributed by atoms with van der Waals surface area (Å²) in [4.78, 5) is 27.7. The Hall–Kier alpha value is -3.40. The summed E-state index contributed by atoms with van der Waals surface area (Å²) in [7, 11) is 0. The third kappa shape index (κ3) is 2.38. The van der Waals surface area contributed by atoms with Crippen LogP contribution in [0.4, 0.5) is 0 Å². The number of hydrogen-bond donors (Lipinski definition) is 0. The Morgan fingerprint density at radius 2 is 1.50 bits per heavy atom. The monoisotopic (exact) mass is 369 g/mol. The topological polar surface area (TPSA) is 46.6 Å². The van der Waals surface area contributed by atoms with Crippen molar-refractivity contribution in [3.63, 3.8) is 0 Å². The minimum absolute atomic E-state index is 0.0118. The summed E-state index contributed by atoms with van der Waals surface area (Å²) >= 11 is 0. The highest BCUT2D eigenvalue weighted by Gasteiger charge is 2.61. The molecule has 2 heterocycles. The first-order valence-corrected chi connectivity index (χ1v) is 9.42. The smallest absolute Gasteiger partial charge is 0.341 e. The average molecular weight is 369 g/mol. The van der Waals surface area contributed by atoms with E-state index in [0.29, 0.717) is 18.5 Å². The van der Waals surface area contributed by atoms with Crippen molar-refractivity contribution < 1.29 is 14.3 Å². The van der Waals surface area contributed by atoms with Gasteiger partial charge in [-0.25, -0.2) is 4.79 Å². The summed E-state index contributed by atoms with van der Waals surface area (Å²) in [6.07, 6.45) is 0.304. The van der Waals surface area contributed by atoms with E-state index in [1.165, 1.54) is 0 Å². The second kappa shape index (κ2) is 6.34. The normalized spacial score (nSPS) is 23.1. The van der Waals surface area contributed by atoms with Gasteiger partial charge in [0.1, 0.15) is 0 Å². The lowest BCUT2D eigenvalue weighted by molar-refractivity contribution is -0.149. The number of benzene rings is 3. The molecule has 4 nitrogen and oxygen atoms in total. The first kappa shape index (κ1) is 16.8. The van der Waals surface area contributed by atoms with Crippen LogP contribution in [0.3, 0.4) is 0 Å². The average Bonchev–Trinajstić information content (AvgIpc) is 3.19. The van der Waals surface area contributed by atoms with Crippen LogP contribution in [0.1, 0.15) is 39.4 Å². The zero-order valence-electron chi connectivity index (χ0n) is 15.2. The highest BCUT2D eigenvalue weighted by atomic mass is 16.6. The maximum atomic E-state index is 13.2. The molecule has 3 aromatic rings. The van der Waals surface area contributed by atoms with Crippen LogP contribution in [0.25, 0.3) is 0 Å². The van der Waals surface area contributed by atoms with Crippen LogP contribution >= 0.6 is 0 Å². The maximum Gasteiger partial charge on any atom is 0.341 e. The number of hydrogen-bond acceptors (Lipinski definition) is 3. The van der Waals surface area contributed by atoms with E-state index in [-0.39, 0.29) is 17.8 Å². The molecular formula is C24H19NO3. The molecule has 2 aliphatic rings. The molecule has 2 atom stereocenters. The molecule has 4 heteroatoms. The minimum Gasteiger partial charge on any atom is -0.430 e. The summed E-state index contributed by atoms with van der Waals surface area (Å²) in [5.41, 5.74) is 2.20. The molecule has 3 aromatic carbocycles. The molecule has 5 rings (SSSR count). The van der Waals surface area contributed by atoms with Gasteiger partial charge in [-0.2, -0.15) is 0 Å². The molecule has 2 aliphatic heterocycles. The minimum atomic E-state index is -1.11. The Morgan fingerprint density at radius 1 is 0.857 bits per heavy atom. The van der Waals surface area contributed by atoms with Crippen LogP contribution in [0.15, 0.2) is 84.9 Å². The van der Waals surface area contributed by atoms with Gasteiger partial charge in [0.25, 0.3) is 0 Å². The van der Waals surface area contributed by atoms with Gasteiger partial charge in [-0.15, -0.1) is 0 Å². The fourth-order valence-corrected chi connectivity index (χ4v) is 4.48. The Kier molecular flexibility index (Phi) is 3.79. The van der Waals surface area contributed by atoms with Crippen LogP contribution in [0, 0.1) is 0 Å². The highest BCUT2D eigenvalue weighted by molar-refractivity contribution is 5.96. The molecule has 1 amide bonds. The van der Waals surface area contributed by atoms with Crippen molar-refractivity contribution in [3.8, 4) is 0 Å². The van der Waals surface area contributed by atoms with E-state index in [4.69, 9.17) is 4.74 Å².